The lowest BCUT2D eigenvalue weighted by molar-refractivity contribution is -0.153. The number of hydrogen-bond acceptors (Lipinski definition) is 3. The normalized spacial score (nSPS) is 25.9. The number of ether oxygens (including phenoxy) is 1. The van der Waals surface area contributed by atoms with Gasteiger partial charge in [0, 0.05) is 13.1 Å². The van der Waals surface area contributed by atoms with Crippen molar-refractivity contribution in [1.29, 1.82) is 0 Å². The molecule has 1 aliphatic heterocycles. The number of aliphatic carboxylic acids is 1. The molecule has 3 rings (SSSR count). The SMILES string of the molecule is COc1ccc(CN2CCC[C@@](CC3CC3)(C(=O)O)C2)cc1. The van der Waals surface area contributed by atoms with E-state index in [4.69, 9.17) is 4.74 Å². The highest BCUT2D eigenvalue weighted by molar-refractivity contribution is 5.75. The summed E-state index contributed by atoms with van der Waals surface area (Å²) in [6.07, 6.45) is 5.11. The standard InChI is InChI=1S/C18H25NO3/c1-22-16-7-5-15(6-8-16)12-19-10-2-9-18(13-19,17(20)21)11-14-3-4-14/h5-8,14H,2-4,9-13H2,1H3,(H,20,21)/t18-/m0/s1. The van der Waals surface area contributed by atoms with Gasteiger partial charge in [-0.15, -0.1) is 0 Å². The Morgan fingerprint density at radius 3 is 2.68 bits per heavy atom. The summed E-state index contributed by atoms with van der Waals surface area (Å²) in [5.74, 6) is 0.909. The highest BCUT2D eigenvalue weighted by atomic mass is 16.5. The number of benzene rings is 1. The zero-order valence-corrected chi connectivity index (χ0v) is 13.3. The van der Waals surface area contributed by atoms with Crippen LogP contribution in [0.4, 0.5) is 0 Å². The lowest BCUT2D eigenvalue weighted by Gasteiger charge is -2.40. The molecule has 1 aromatic carbocycles. The minimum Gasteiger partial charge on any atom is -0.497 e. The third-order valence-corrected chi connectivity index (χ3v) is 5.05. The fraction of sp³-hybridized carbons (Fsp3) is 0.611. The second kappa shape index (κ2) is 6.29. The Balaban J connectivity index is 1.66. The quantitative estimate of drug-likeness (QED) is 0.877. The Labute approximate surface area is 132 Å². The predicted octanol–water partition coefficient (Wildman–Crippen LogP) is 3.16. The van der Waals surface area contributed by atoms with Gasteiger partial charge in [0.1, 0.15) is 5.75 Å². The monoisotopic (exact) mass is 303 g/mol. The first-order valence-corrected chi connectivity index (χ1v) is 8.20. The minimum absolute atomic E-state index is 0.522. The summed E-state index contributed by atoms with van der Waals surface area (Å²) in [6.45, 7) is 2.50. The van der Waals surface area contributed by atoms with Crippen molar-refractivity contribution in [1.82, 2.24) is 4.90 Å². The fourth-order valence-corrected chi connectivity index (χ4v) is 3.65. The van der Waals surface area contributed by atoms with Crippen molar-refractivity contribution in [2.24, 2.45) is 11.3 Å². The molecule has 0 amide bonds. The van der Waals surface area contributed by atoms with Crippen LogP contribution >= 0.6 is 0 Å². The maximum Gasteiger partial charge on any atom is 0.310 e. The molecule has 4 nitrogen and oxygen atoms in total. The van der Waals surface area contributed by atoms with Crippen LogP contribution in [0.5, 0.6) is 5.75 Å². The zero-order chi connectivity index (χ0) is 15.6. The van der Waals surface area contributed by atoms with Gasteiger partial charge in [-0.25, -0.2) is 0 Å². The van der Waals surface area contributed by atoms with E-state index in [9.17, 15) is 9.90 Å². The van der Waals surface area contributed by atoms with Gasteiger partial charge < -0.3 is 9.84 Å². The number of piperidine rings is 1. The molecule has 2 aliphatic rings. The van der Waals surface area contributed by atoms with E-state index in [1.54, 1.807) is 7.11 Å². The van der Waals surface area contributed by atoms with Crippen LogP contribution in [0.15, 0.2) is 24.3 Å². The average molecular weight is 303 g/mol. The van der Waals surface area contributed by atoms with Crippen LogP contribution in [0, 0.1) is 11.3 Å². The Morgan fingerprint density at radius 1 is 1.36 bits per heavy atom. The summed E-state index contributed by atoms with van der Waals surface area (Å²) in [4.78, 5) is 14.2. The predicted molar refractivity (Wildman–Crippen MR) is 84.9 cm³/mol. The Morgan fingerprint density at radius 2 is 2.09 bits per heavy atom. The van der Waals surface area contributed by atoms with Gasteiger partial charge in [0.25, 0.3) is 0 Å². The van der Waals surface area contributed by atoms with Crippen LogP contribution in [0.2, 0.25) is 0 Å². The van der Waals surface area contributed by atoms with Crippen LogP contribution in [-0.2, 0) is 11.3 Å². The summed E-state index contributed by atoms with van der Waals surface area (Å²) in [6, 6.07) is 8.06. The second-order valence-corrected chi connectivity index (χ2v) is 6.90. The molecule has 0 aromatic heterocycles. The van der Waals surface area contributed by atoms with Gasteiger partial charge in [0.2, 0.25) is 0 Å². The van der Waals surface area contributed by atoms with Gasteiger partial charge in [-0.1, -0.05) is 25.0 Å². The second-order valence-electron chi connectivity index (χ2n) is 6.90. The van der Waals surface area contributed by atoms with Crippen molar-refractivity contribution in [3.8, 4) is 5.75 Å². The van der Waals surface area contributed by atoms with E-state index in [1.165, 1.54) is 18.4 Å². The van der Waals surface area contributed by atoms with Crippen molar-refractivity contribution in [2.75, 3.05) is 20.2 Å². The summed E-state index contributed by atoms with van der Waals surface area (Å²) in [5.41, 5.74) is 0.694. The van der Waals surface area contributed by atoms with Gasteiger partial charge >= 0.3 is 5.97 Å². The van der Waals surface area contributed by atoms with E-state index in [1.807, 2.05) is 12.1 Å². The first kappa shape index (κ1) is 15.3. The van der Waals surface area contributed by atoms with Gasteiger partial charge in [-0.3, -0.25) is 9.69 Å². The highest BCUT2D eigenvalue weighted by Gasteiger charge is 2.45. The molecule has 1 atom stereocenters. The first-order chi connectivity index (χ1) is 10.6. The van der Waals surface area contributed by atoms with E-state index < -0.39 is 11.4 Å². The Kier molecular flexibility index (Phi) is 4.39. The third-order valence-electron chi connectivity index (χ3n) is 5.05. The van der Waals surface area contributed by atoms with Crippen molar-refractivity contribution in [3.63, 3.8) is 0 Å². The number of hydrogen-bond donors (Lipinski definition) is 1. The van der Waals surface area contributed by atoms with Gasteiger partial charge in [-0.2, -0.15) is 0 Å². The molecule has 1 aromatic rings. The molecule has 1 heterocycles. The molecule has 1 saturated carbocycles. The highest BCUT2D eigenvalue weighted by Crippen LogP contribution is 2.45. The number of likely N-dealkylation sites (tertiary alicyclic amines) is 1. The minimum atomic E-state index is -0.598. The van der Waals surface area contributed by atoms with E-state index >= 15 is 0 Å². The molecular formula is C18H25NO3. The van der Waals surface area contributed by atoms with E-state index in [0.717, 1.165) is 38.1 Å². The molecule has 2 fully saturated rings. The number of carbonyl (C=O) groups is 1. The smallest absolute Gasteiger partial charge is 0.310 e. The fourth-order valence-electron chi connectivity index (χ4n) is 3.65. The maximum absolute atomic E-state index is 11.9. The molecule has 0 spiro atoms. The molecule has 120 valence electrons. The summed E-state index contributed by atoms with van der Waals surface area (Å²) < 4.78 is 5.18. The number of carboxylic acids is 1. The van der Waals surface area contributed by atoms with E-state index in [0.29, 0.717) is 12.5 Å². The number of carboxylic acid groups (broad SMARTS) is 1. The molecule has 1 aliphatic carbocycles. The third kappa shape index (κ3) is 3.43. The van der Waals surface area contributed by atoms with Gasteiger partial charge in [0.15, 0.2) is 0 Å². The number of nitrogens with zero attached hydrogens (tertiary/aromatic N) is 1. The molecule has 4 heteroatoms. The number of rotatable bonds is 6. The molecule has 0 bridgehead atoms. The van der Waals surface area contributed by atoms with Gasteiger partial charge in [0.05, 0.1) is 12.5 Å². The van der Waals surface area contributed by atoms with Crippen LogP contribution in [-0.4, -0.2) is 36.2 Å². The van der Waals surface area contributed by atoms with Crippen molar-refractivity contribution < 1.29 is 14.6 Å². The Hall–Kier alpha value is -1.55. The van der Waals surface area contributed by atoms with Crippen LogP contribution in [0.25, 0.3) is 0 Å². The summed E-state index contributed by atoms with van der Waals surface area (Å²) in [7, 11) is 1.67. The summed E-state index contributed by atoms with van der Waals surface area (Å²) in [5, 5.41) is 9.77. The molecular weight excluding hydrogens is 278 g/mol. The maximum atomic E-state index is 11.9. The number of methoxy groups -OCH3 is 1. The lowest BCUT2D eigenvalue weighted by Crippen LogP contribution is -2.47. The molecule has 1 saturated heterocycles. The van der Waals surface area contributed by atoms with Crippen molar-refractivity contribution in [3.05, 3.63) is 29.8 Å². The van der Waals surface area contributed by atoms with Crippen molar-refractivity contribution in [2.45, 2.75) is 38.6 Å². The van der Waals surface area contributed by atoms with Crippen molar-refractivity contribution >= 4 is 5.97 Å². The van der Waals surface area contributed by atoms with E-state index in [2.05, 4.69) is 17.0 Å². The Bertz CT molecular complexity index is 524. The van der Waals surface area contributed by atoms with Crippen LogP contribution in [0.1, 0.15) is 37.7 Å². The molecule has 0 radical (unpaired) electrons. The topological polar surface area (TPSA) is 49.8 Å². The average Bonchev–Trinajstić information content (AvgIpc) is 3.32. The van der Waals surface area contributed by atoms with Gasteiger partial charge in [-0.05, 0) is 49.4 Å². The van der Waals surface area contributed by atoms with Crippen LogP contribution < -0.4 is 4.74 Å². The zero-order valence-electron chi connectivity index (χ0n) is 13.3. The molecule has 0 unspecified atom stereocenters. The largest absolute Gasteiger partial charge is 0.497 e. The van der Waals surface area contributed by atoms with E-state index in [-0.39, 0.29) is 0 Å². The van der Waals surface area contributed by atoms with Crippen LogP contribution in [0.3, 0.4) is 0 Å². The first-order valence-electron chi connectivity index (χ1n) is 8.20. The lowest BCUT2D eigenvalue weighted by atomic mass is 9.75. The molecule has 1 N–H and O–H groups in total. The summed E-state index contributed by atoms with van der Waals surface area (Å²) >= 11 is 0. The molecule has 22 heavy (non-hydrogen) atoms.